The van der Waals surface area contributed by atoms with Crippen LogP contribution in [0.3, 0.4) is 0 Å². The van der Waals surface area contributed by atoms with Crippen molar-refractivity contribution in [2.24, 2.45) is 0 Å². The van der Waals surface area contributed by atoms with Gasteiger partial charge in [-0.25, -0.2) is 0 Å². The molecule has 1 aliphatic rings. The summed E-state index contributed by atoms with van der Waals surface area (Å²) in [6, 6.07) is 2.01. The van der Waals surface area contributed by atoms with Crippen LogP contribution in [0.2, 0.25) is 0 Å². The van der Waals surface area contributed by atoms with Crippen molar-refractivity contribution in [2.45, 2.75) is 17.9 Å². The number of alkyl halides is 1. The van der Waals surface area contributed by atoms with Gasteiger partial charge in [0.2, 0.25) is 0 Å². The maximum absolute atomic E-state index is 8.48. The number of nitriles is 1. The van der Waals surface area contributed by atoms with Crippen LogP contribution in [-0.4, -0.2) is 43.1 Å². The van der Waals surface area contributed by atoms with E-state index in [1.165, 1.54) is 0 Å². The van der Waals surface area contributed by atoms with Crippen molar-refractivity contribution in [2.75, 3.05) is 26.7 Å². The number of likely N-dealkylation sites (tertiary alicyclic amines) is 1. The van der Waals surface area contributed by atoms with Gasteiger partial charge in [-0.15, -0.1) is 11.6 Å². The van der Waals surface area contributed by atoms with Crippen LogP contribution < -0.4 is 0 Å². The average molecular weight is 189 g/mol. The molecule has 0 radical (unpaired) electrons. The molecule has 1 heterocycles. The molecule has 2 unspecified atom stereocenters. The van der Waals surface area contributed by atoms with Crippen LogP contribution in [0.25, 0.3) is 0 Å². The summed E-state index contributed by atoms with van der Waals surface area (Å²) in [5.74, 6) is 0. The van der Waals surface area contributed by atoms with Crippen LogP contribution in [0, 0.1) is 11.3 Å². The number of rotatable bonds is 3. The molecule has 0 spiro atoms. The highest BCUT2D eigenvalue weighted by Crippen LogP contribution is 2.12. The summed E-state index contributed by atoms with van der Waals surface area (Å²) in [6.45, 7) is 2.54. The molecule has 0 N–H and O–H groups in total. The maximum Gasteiger partial charge on any atom is 0.133 e. The molecule has 1 fully saturated rings. The summed E-state index contributed by atoms with van der Waals surface area (Å²) >= 11 is 5.69. The van der Waals surface area contributed by atoms with Crippen LogP contribution in [0.4, 0.5) is 0 Å². The summed E-state index contributed by atoms with van der Waals surface area (Å²) in [7, 11) is 1.72. The molecular formula is C8H13ClN2O. The predicted molar refractivity (Wildman–Crippen MR) is 47.1 cm³/mol. The highest BCUT2D eigenvalue weighted by molar-refractivity contribution is 6.22. The lowest BCUT2D eigenvalue weighted by molar-refractivity contribution is 0.108. The minimum Gasteiger partial charge on any atom is -0.380 e. The van der Waals surface area contributed by atoms with Gasteiger partial charge in [-0.05, 0) is 6.42 Å². The molecule has 3 nitrogen and oxygen atoms in total. The van der Waals surface area contributed by atoms with E-state index in [0.29, 0.717) is 12.6 Å². The molecule has 0 aliphatic carbocycles. The van der Waals surface area contributed by atoms with Crippen molar-refractivity contribution < 1.29 is 4.74 Å². The molecule has 0 aromatic rings. The van der Waals surface area contributed by atoms with Crippen LogP contribution in [0.1, 0.15) is 6.42 Å². The second-order valence-corrected chi connectivity index (χ2v) is 3.53. The summed E-state index contributed by atoms with van der Waals surface area (Å²) in [5.41, 5.74) is 0. The number of hydrogen-bond donors (Lipinski definition) is 0. The molecule has 0 aromatic carbocycles. The largest absolute Gasteiger partial charge is 0.380 e. The van der Waals surface area contributed by atoms with Gasteiger partial charge >= 0.3 is 0 Å². The minimum atomic E-state index is -0.388. The summed E-state index contributed by atoms with van der Waals surface area (Å²) < 4.78 is 5.19. The molecule has 12 heavy (non-hydrogen) atoms. The van der Waals surface area contributed by atoms with Crippen molar-refractivity contribution in [3.8, 4) is 6.07 Å². The third-order valence-electron chi connectivity index (χ3n) is 2.12. The van der Waals surface area contributed by atoms with E-state index in [4.69, 9.17) is 21.6 Å². The lowest BCUT2D eigenvalue weighted by Crippen LogP contribution is -2.28. The Kier molecular flexibility index (Phi) is 3.80. The quantitative estimate of drug-likeness (QED) is 0.616. The van der Waals surface area contributed by atoms with Gasteiger partial charge in [0.1, 0.15) is 5.38 Å². The Hall–Kier alpha value is -0.300. The molecule has 0 amide bonds. The van der Waals surface area contributed by atoms with Crippen LogP contribution in [-0.2, 0) is 4.74 Å². The van der Waals surface area contributed by atoms with Crippen molar-refractivity contribution in [1.29, 1.82) is 5.26 Å². The number of nitrogens with zero attached hydrogens (tertiary/aromatic N) is 2. The number of halogens is 1. The van der Waals surface area contributed by atoms with E-state index in [2.05, 4.69) is 4.90 Å². The number of methoxy groups -OCH3 is 1. The normalized spacial score (nSPS) is 26.9. The monoisotopic (exact) mass is 188 g/mol. The second-order valence-electron chi connectivity index (χ2n) is 3.00. The third-order valence-corrected chi connectivity index (χ3v) is 2.36. The van der Waals surface area contributed by atoms with E-state index in [0.717, 1.165) is 19.5 Å². The van der Waals surface area contributed by atoms with Crippen LogP contribution in [0.5, 0.6) is 0 Å². The van der Waals surface area contributed by atoms with Gasteiger partial charge in [-0.3, -0.25) is 4.90 Å². The van der Waals surface area contributed by atoms with E-state index >= 15 is 0 Å². The third kappa shape index (κ3) is 2.63. The molecule has 1 saturated heterocycles. The second kappa shape index (κ2) is 4.66. The van der Waals surface area contributed by atoms with Gasteiger partial charge in [0, 0.05) is 26.7 Å². The van der Waals surface area contributed by atoms with Crippen molar-refractivity contribution in [1.82, 2.24) is 4.90 Å². The fourth-order valence-electron chi connectivity index (χ4n) is 1.42. The van der Waals surface area contributed by atoms with Crippen LogP contribution >= 0.6 is 11.6 Å². The minimum absolute atomic E-state index is 0.326. The van der Waals surface area contributed by atoms with E-state index in [-0.39, 0.29) is 5.38 Å². The van der Waals surface area contributed by atoms with Gasteiger partial charge in [0.15, 0.2) is 0 Å². The van der Waals surface area contributed by atoms with Gasteiger partial charge in [0.25, 0.3) is 0 Å². The topological polar surface area (TPSA) is 36.3 Å². The Labute approximate surface area is 77.9 Å². The first kappa shape index (κ1) is 9.79. The van der Waals surface area contributed by atoms with E-state index < -0.39 is 0 Å². The van der Waals surface area contributed by atoms with Crippen LogP contribution in [0.15, 0.2) is 0 Å². The Bertz CT molecular complexity index is 180. The van der Waals surface area contributed by atoms with Gasteiger partial charge in [0.05, 0.1) is 12.2 Å². The molecule has 0 bridgehead atoms. The summed E-state index contributed by atoms with van der Waals surface area (Å²) in [6.07, 6.45) is 1.37. The van der Waals surface area contributed by atoms with Crippen molar-refractivity contribution >= 4 is 11.6 Å². The Balaban J connectivity index is 2.24. The molecule has 68 valence electrons. The van der Waals surface area contributed by atoms with Crippen molar-refractivity contribution in [3.63, 3.8) is 0 Å². The maximum atomic E-state index is 8.48. The molecule has 0 aromatic heterocycles. The first-order chi connectivity index (χ1) is 5.76. The Morgan fingerprint density at radius 1 is 1.83 bits per heavy atom. The highest BCUT2D eigenvalue weighted by Gasteiger charge is 2.23. The van der Waals surface area contributed by atoms with E-state index in [9.17, 15) is 0 Å². The molecule has 0 saturated carbocycles. The standard InChI is InChI=1S/C8H13ClN2O/c1-12-8-2-3-11(6-8)5-7(9)4-10/h7-8H,2-3,5-6H2,1H3. The smallest absolute Gasteiger partial charge is 0.133 e. The van der Waals surface area contributed by atoms with Gasteiger partial charge < -0.3 is 4.74 Å². The zero-order valence-electron chi connectivity index (χ0n) is 7.16. The fraction of sp³-hybridized carbons (Fsp3) is 0.875. The predicted octanol–water partition coefficient (Wildman–Crippen LogP) is 0.838. The summed E-state index contributed by atoms with van der Waals surface area (Å²) in [5, 5.41) is 8.09. The Morgan fingerprint density at radius 2 is 2.58 bits per heavy atom. The van der Waals surface area contributed by atoms with E-state index in [1.807, 2.05) is 6.07 Å². The van der Waals surface area contributed by atoms with E-state index in [1.54, 1.807) is 7.11 Å². The van der Waals surface area contributed by atoms with Gasteiger partial charge in [-0.1, -0.05) is 0 Å². The number of ether oxygens (including phenoxy) is 1. The lowest BCUT2D eigenvalue weighted by atomic mass is 10.3. The molecular weight excluding hydrogens is 176 g/mol. The Morgan fingerprint density at radius 3 is 3.08 bits per heavy atom. The van der Waals surface area contributed by atoms with Gasteiger partial charge in [-0.2, -0.15) is 5.26 Å². The fourth-order valence-corrected chi connectivity index (χ4v) is 1.62. The zero-order chi connectivity index (χ0) is 8.97. The molecule has 4 heteroatoms. The lowest BCUT2D eigenvalue weighted by Gasteiger charge is -2.15. The SMILES string of the molecule is COC1CCN(CC(Cl)C#N)C1. The highest BCUT2D eigenvalue weighted by atomic mass is 35.5. The van der Waals surface area contributed by atoms with Crippen molar-refractivity contribution in [3.05, 3.63) is 0 Å². The average Bonchev–Trinajstić information content (AvgIpc) is 2.52. The molecule has 1 rings (SSSR count). The number of hydrogen-bond acceptors (Lipinski definition) is 3. The first-order valence-electron chi connectivity index (χ1n) is 4.05. The molecule has 1 aliphatic heterocycles. The zero-order valence-corrected chi connectivity index (χ0v) is 7.92. The molecule has 2 atom stereocenters. The summed E-state index contributed by atoms with van der Waals surface area (Å²) in [4.78, 5) is 2.16. The first-order valence-corrected chi connectivity index (χ1v) is 4.48.